The molecule has 0 aliphatic carbocycles. The summed E-state index contributed by atoms with van der Waals surface area (Å²) >= 11 is 0. The van der Waals surface area contributed by atoms with E-state index in [9.17, 15) is 9.59 Å². The third-order valence-electron chi connectivity index (χ3n) is 9.99. The average Bonchev–Trinajstić information content (AvgIpc) is 4.14. The molecule has 2 N–H and O–H groups in total. The standard InChI is InChI=1S/C48H37N7O6/c1-3-58-46(56)47(61-48(57)59-4-2)60-33-7-5-29(6-8-33)42-34-9-11-36(52-34)43(30-17-23-49-24-18-30)38-13-15-40(54-38)45(32-21-27-51-28-22-32)41-16-14-39(55-41)44(31-19-25-50-26-20-31)37-12-10-35(42)53-37/h5-28,47,52,55H,3-4H2,1-2H3. The number of rotatable bonds is 10. The Morgan fingerprint density at radius 2 is 0.852 bits per heavy atom. The minimum absolute atomic E-state index is 0.0610. The lowest BCUT2D eigenvalue weighted by Crippen LogP contribution is -2.34. The van der Waals surface area contributed by atoms with Crippen molar-refractivity contribution in [2.75, 3.05) is 13.2 Å². The molecule has 1 unspecified atom stereocenters. The van der Waals surface area contributed by atoms with Gasteiger partial charge >= 0.3 is 18.4 Å². The molecule has 0 amide bonds. The molecular weight excluding hydrogens is 771 g/mol. The number of hydrogen-bond acceptors (Lipinski definition) is 11. The molecule has 0 saturated carbocycles. The number of ether oxygens (including phenoxy) is 4. The molecule has 7 aromatic rings. The van der Waals surface area contributed by atoms with E-state index in [1.165, 1.54) is 0 Å². The van der Waals surface area contributed by atoms with E-state index < -0.39 is 18.4 Å². The Labute approximate surface area is 349 Å². The van der Waals surface area contributed by atoms with E-state index in [0.717, 1.165) is 83.7 Å². The van der Waals surface area contributed by atoms with E-state index in [2.05, 4.69) is 37.1 Å². The van der Waals surface area contributed by atoms with Crippen LogP contribution in [-0.2, 0) is 19.0 Å². The topological polar surface area (TPSA) is 167 Å². The zero-order chi connectivity index (χ0) is 41.7. The molecule has 13 heteroatoms. The molecule has 0 saturated heterocycles. The van der Waals surface area contributed by atoms with Gasteiger partial charge in [0.25, 0.3) is 0 Å². The van der Waals surface area contributed by atoms with E-state index in [-0.39, 0.29) is 19.0 Å². The fourth-order valence-electron chi connectivity index (χ4n) is 7.37. The summed E-state index contributed by atoms with van der Waals surface area (Å²) in [6, 6.07) is 27.1. The van der Waals surface area contributed by atoms with Gasteiger partial charge in [0, 0.05) is 81.5 Å². The normalized spacial score (nSPS) is 12.2. The van der Waals surface area contributed by atoms with Crippen LogP contribution in [0.15, 0.2) is 122 Å². The molecule has 0 spiro atoms. The molecule has 8 bridgehead atoms. The van der Waals surface area contributed by atoms with Gasteiger partial charge < -0.3 is 28.9 Å². The fourth-order valence-corrected chi connectivity index (χ4v) is 7.37. The van der Waals surface area contributed by atoms with Crippen LogP contribution in [0.5, 0.6) is 5.75 Å². The van der Waals surface area contributed by atoms with Gasteiger partial charge in [-0.25, -0.2) is 19.6 Å². The molecule has 9 rings (SSSR count). The van der Waals surface area contributed by atoms with Crippen LogP contribution in [0.1, 0.15) is 36.6 Å². The third kappa shape index (κ3) is 7.87. The van der Waals surface area contributed by atoms with Crippen LogP contribution < -0.4 is 4.74 Å². The minimum atomic E-state index is -1.67. The number of fused-ring (bicyclic) bond motifs is 8. The molecule has 300 valence electrons. The summed E-state index contributed by atoms with van der Waals surface area (Å²) in [6.45, 7) is 3.40. The van der Waals surface area contributed by atoms with E-state index >= 15 is 0 Å². The summed E-state index contributed by atoms with van der Waals surface area (Å²) in [5, 5.41) is 0. The first-order chi connectivity index (χ1) is 30.0. The summed E-state index contributed by atoms with van der Waals surface area (Å²) < 4.78 is 21.0. The number of carbonyl (C=O) groups is 2. The first-order valence-electron chi connectivity index (χ1n) is 19.6. The average molecular weight is 808 g/mol. The largest absolute Gasteiger partial charge is 0.511 e. The third-order valence-corrected chi connectivity index (χ3v) is 9.99. The maximum Gasteiger partial charge on any atom is 0.511 e. The molecule has 6 aromatic heterocycles. The minimum Gasteiger partial charge on any atom is -0.460 e. The van der Waals surface area contributed by atoms with Crippen molar-refractivity contribution in [2.45, 2.75) is 20.1 Å². The molecule has 13 nitrogen and oxygen atoms in total. The second kappa shape index (κ2) is 17.0. The van der Waals surface area contributed by atoms with Gasteiger partial charge in [-0.05, 0) is 133 Å². The van der Waals surface area contributed by atoms with Crippen LogP contribution in [0, 0.1) is 0 Å². The summed E-state index contributed by atoms with van der Waals surface area (Å²) in [7, 11) is 0. The van der Waals surface area contributed by atoms with Gasteiger partial charge in [-0.3, -0.25) is 15.0 Å². The van der Waals surface area contributed by atoms with Crippen LogP contribution in [0.4, 0.5) is 4.79 Å². The highest BCUT2D eigenvalue weighted by molar-refractivity contribution is 5.99. The van der Waals surface area contributed by atoms with Crippen LogP contribution in [0.3, 0.4) is 0 Å². The fraction of sp³-hybridized carbons (Fsp3) is 0.104. The van der Waals surface area contributed by atoms with Crippen molar-refractivity contribution in [3.63, 3.8) is 0 Å². The lowest BCUT2D eigenvalue weighted by Gasteiger charge is -2.17. The Morgan fingerprint density at radius 3 is 1.21 bits per heavy atom. The molecule has 2 aliphatic heterocycles. The molecule has 61 heavy (non-hydrogen) atoms. The van der Waals surface area contributed by atoms with E-state index in [1.54, 1.807) is 63.2 Å². The van der Waals surface area contributed by atoms with Crippen molar-refractivity contribution >= 4 is 58.5 Å². The Balaban J connectivity index is 1.30. The Kier molecular flexibility index (Phi) is 10.7. The lowest BCUT2D eigenvalue weighted by molar-refractivity contribution is -0.171. The molecular formula is C48H37N7O6. The lowest BCUT2D eigenvalue weighted by atomic mass is 10.0. The van der Waals surface area contributed by atoms with Crippen molar-refractivity contribution in [1.29, 1.82) is 0 Å². The molecule has 1 atom stereocenters. The summed E-state index contributed by atoms with van der Waals surface area (Å²) in [6.07, 6.45) is 16.0. The van der Waals surface area contributed by atoms with Crippen LogP contribution in [0.2, 0.25) is 0 Å². The van der Waals surface area contributed by atoms with Gasteiger partial charge in [0.15, 0.2) is 0 Å². The zero-order valence-electron chi connectivity index (χ0n) is 33.0. The number of nitrogens with zero attached hydrogens (tertiary/aromatic N) is 5. The number of benzene rings is 1. The predicted molar refractivity (Wildman–Crippen MR) is 233 cm³/mol. The highest BCUT2D eigenvalue weighted by Gasteiger charge is 2.28. The monoisotopic (exact) mass is 807 g/mol. The maximum atomic E-state index is 12.7. The molecule has 8 heterocycles. The van der Waals surface area contributed by atoms with Gasteiger partial charge in [0.2, 0.25) is 0 Å². The second-order valence-electron chi connectivity index (χ2n) is 13.7. The zero-order valence-corrected chi connectivity index (χ0v) is 33.0. The van der Waals surface area contributed by atoms with E-state index in [0.29, 0.717) is 5.69 Å². The predicted octanol–water partition coefficient (Wildman–Crippen LogP) is 9.95. The van der Waals surface area contributed by atoms with Crippen molar-refractivity contribution in [3.05, 3.63) is 145 Å². The number of aromatic nitrogens is 7. The number of carbonyl (C=O) groups excluding carboxylic acids is 2. The number of aromatic amines is 2. The first kappa shape index (κ1) is 38.3. The van der Waals surface area contributed by atoms with Crippen molar-refractivity contribution in [2.24, 2.45) is 0 Å². The quantitative estimate of drug-likeness (QED) is 0.0997. The molecule has 2 aliphatic rings. The maximum absolute atomic E-state index is 12.7. The number of hydrogen-bond donors (Lipinski definition) is 2. The summed E-state index contributed by atoms with van der Waals surface area (Å²) in [5.74, 6) is -0.609. The van der Waals surface area contributed by atoms with Crippen LogP contribution in [-0.4, -0.2) is 66.5 Å². The number of nitrogens with one attached hydrogen (secondary N) is 2. The van der Waals surface area contributed by atoms with Crippen molar-refractivity contribution in [1.82, 2.24) is 34.9 Å². The van der Waals surface area contributed by atoms with Gasteiger partial charge in [0.1, 0.15) is 5.75 Å². The summed E-state index contributed by atoms with van der Waals surface area (Å²) in [4.78, 5) is 55.8. The highest BCUT2D eigenvalue weighted by Crippen LogP contribution is 2.38. The van der Waals surface area contributed by atoms with Crippen molar-refractivity contribution in [3.8, 4) is 50.3 Å². The molecule has 0 radical (unpaired) electrons. The Morgan fingerprint density at radius 1 is 0.492 bits per heavy atom. The number of H-pyrrole nitrogens is 2. The molecule has 1 aromatic carbocycles. The van der Waals surface area contributed by atoms with Gasteiger partial charge in [-0.1, -0.05) is 12.1 Å². The smallest absolute Gasteiger partial charge is 0.460 e. The highest BCUT2D eigenvalue weighted by atomic mass is 16.8. The number of pyridine rings is 3. The Hall–Kier alpha value is -8.19. The van der Waals surface area contributed by atoms with Crippen LogP contribution in [0.25, 0.3) is 90.9 Å². The molecule has 0 fully saturated rings. The van der Waals surface area contributed by atoms with Gasteiger partial charge in [0.05, 0.1) is 36.0 Å². The second-order valence-corrected chi connectivity index (χ2v) is 13.7. The number of esters is 1. The van der Waals surface area contributed by atoms with Gasteiger partial charge in [-0.15, -0.1) is 0 Å². The summed E-state index contributed by atoms with van der Waals surface area (Å²) in [5.41, 5.74) is 13.4. The first-order valence-corrected chi connectivity index (χ1v) is 19.6. The van der Waals surface area contributed by atoms with Gasteiger partial charge in [-0.2, -0.15) is 0 Å². The van der Waals surface area contributed by atoms with Crippen molar-refractivity contribution < 1.29 is 28.5 Å². The van der Waals surface area contributed by atoms with E-state index in [4.69, 9.17) is 28.9 Å². The van der Waals surface area contributed by atoms with E-state index in [1.807, 2.05) is 85.0 Å². The van der Waals surface area contributed by atoms with Crippen LogP contribution >= 0.6 is 0 Å². The SMILES string of the molecule is CCOC(=O)OC(Oc1ccc(-c2c3nc(c(-c4ccncc4)c4ccc([nH]4)c(-c4ccncc4)c4nc(c(-c5ccncc5)c5ccc2[nH]5)C=C4)C=C3)cc1)C(=O)OCC. The Bertz CT molecular complexity index is 2940.